The smallest absolute Gasteiger partial charge is 0.230 e. The zero-order valence-corrected chi connectivity index (χ0v) is 16.3. The number of nitrogens with one attached hydrogen (secondary N) is 1. The molecule has 2 aromatic rings. The topological polar surface area (TPSA) is 29.1 Å². The fraction of sp³-hybridized carbons (Fsp3) is 0.458. The number of alkyl halides is 1. The van der Waals surface area contributed by atoms with Gasteiger partial charge in [0.15, 0.2) is 0 Å². The van der Waals surface area contributed by atoms with Crippen LogP contribution in [0.5, 0.6) is 0 Å². The van der Waals surface area contributed by atoms with Gasteiger partial charge in [0, 0.05) is 10.6 Å². The van der Waals surface area contributed by atoms with Gasteiger partial charge in [-0.25, -0.2) is 0 Å². The van der Waals surface area contributed by atoms with Crippen molar-refractivity contribution < 1.29 is 4.79 Å². The van der Waals surface area contributed by atoms with Crippen LogP contribution in [0.3, 0.4) is 0 Å². The lowest BCUT2D eigenvalue weighted by Crippen LogP contribution is -2.57. The van der Waals surface area contributed by atoms with E-state index in [2.05, 4.69) is 35.6 Å². The number of carbonyl (C=O) groups is 1. The summed E-state index contributed by atoms with van der Waals surface area (Å²) in [5, 5.41) is 3.31. The average molecular weight is 380 g/mol. The zero-order chi connectivity index (χ0) is 18.5. The van der Waals surface area contributed by atoms with Gasteiger partial charge in [0.05, 0.1) is 5.41 Å². The van der Waals surface area contributed by atoms with Crippen LogP contribution in [0.1, 0.15) is 49.7 Å². The molecular weight excluding hydrogens is 354 g/mol. The molecule has 2 unspecified atom stereocenters. The fourth-order valence-corrected chi connectivity index (χ4v) is 6.98. The Kier molecular flexibility index (Phi) is 4.09. The van der Waals surface area contributed by atoms with Crippen LogP contribution in [-0.2, 0) is 11.2 Å². The van der Waals surface area contributed by atoms with Crippen molar-refractivity contribution in [2.45, 2.75) is 49.8 Å². The number of benzene rings is 2. The molecule has 3 heteroatoms. The summed E-state index contributed by atoms with van der Waals surface area (Å²) in [4.78, 5) is 13.3. The minimum absolute atomic E-state index is 0.134. The second-order valence-electron chi connectivity index (χ2n) is 9.17. The molecule has 6 rings (SSSR count). The van der Waals surface area contributed by atoms with Crippen molar-refractivity contribution in [3.05, 3.63) is 65.7 Å². The second-order valence-corrected chi connectivity index (χ2v) is 9.97. The van der Waals surface area contributed by atoms with E-state index in [0.29, 0.717) is 11.8 Å². The number of hydrogen-bond donors (Lipinski definition) is 1. The van der Waals surface area contributed by atoms with Crippen molar-refractivity contribution in [2.24, 2.45) is 17.3 Å². The molecule has 4 fully saturated rings. The van der Waals surface area contributed by atoms with Gasteiger partial charge in [0.1, 0.15) is 0 Å². The third-order valence-electron chi connectivity index (χ3n) is 6.97. The van der Waals surface area contributed by atoms with E-state index in [0.717, 1.165) is 44.2 Å². The van der Waals surface area contributed by atoms with Crippen LogP contribution in [0.15, 0.2) is 54.6 Å². The lowest BCUT2D eigenvalue weighted by Gasteiger charge is -2.59. The van der Waals surface area contributed by atoms with E-state index in [1.54, 1.807) is 0 Å². The number of hydrogen-bond acceptors (Lipinski definition) is 1. The molecule has 1 N–H and O–H groups in total. The quantitative estimate of drug-likeness (QED) is 0.669. The lowest BCUT2D eigenvalue weighted by atomic mass is 9.49. The van der Waals surface area contributed by atoms with Gasteiger partial charge >= 0.3 is 0 Å². The Bertz CT molecular complexity index is 848. The molecule has 2 atom stereocenters. The summed E-state index contributed by atoms with van der Waals surface area (Å²) in [5.41, 5.74) is 3.12. The zero-order valence-electron chi connectivity index (χ0n) is 15.6. The highest BCUT2D eigenvalue weighted by Crippen LogP contribution is 2.64. The third kappa shape index (κ3) is 3.18. The molecule has 0 saturated heterocycles. The van der Waals surface area contributed by atoms with Gasteiger partial charge in [-0.2, -0.15) is 0 Å². The molecule has 0 heterocycles. The maximum Gasteiger partial charge on any atom is 0.230 e. The highest BCUT2D eigenvalue weighted by molar-refractivity contribution is 6.24. The molecule has 4 bridgehead atoms. The SMILES string of the molecule is O=C(Nc1ccccc1Cc1ccccc1)C12CC3CC(CC(Cl)(C3)C1)C2. The normalized spacial score (nSPS) is 33.8. The maximum absolute atomic E-state index is 13.4. The predicted octanol–water partition coefficient (Wildman–Crippen LogP) is 5.79. The molecule has 2 nitrogen and oxygen atoms in total. The number of carbonyl (C=O) groups excluding carboxylic acids is 1. The van der Waals surface area contributed by atoms with E-state index >= 15 is 0 Å². The Labute approximate surface area is 166 Å². The van der Waals surface area contributed by atoms with E-state index in [-0.39, 0.29) is 16.2 Å². The van der Waals surface area contributed by atoms with Crippen LogP contribution in [0.25, 0.3) is 0 Å². The molecule has 27 heavy (non-hydrogen) atoms. The van der Waals surface area contributed by atoms with Gasteiger partial charge in [0.25, 0.3) is 0 Å². The molecule has 4 saturated carbocycles. The van der Waals surface area contributed by atoms with Crippen LogP contribution in [0.4, 0.5) is 5.69 Å². The number of amides is 1. The van der Waals surface area contributed by atoms with Gasteiger partial charge in [-0.1, -0.05) is 48.5 Å². The molecule has 0 spiro atoms. The first-order valence-electron chi connectivity index (χ1n) is 10.2. The first kappa shape index (κ1) is 17.3. The molecular formula is C24H26ClNO. The molecule has 0 radical (unpaired) electrons. The van der Waals surface area contributed by atoms with Crippen LogP contribution < -0.4 is 5.32 Å². The van der Waals surface area contributed by atoms with Crippen molar-refractivity contribution in [1.82, 2.24) is 0 Å². The summed E-state index contributed by atoms with van der Waals surface area (Å²) >= 11 is 6.93. The summed E-state index contributed by atoms with van der Waals surface area (Å²) in [6.45, 7) is 0. The van der Waals surface area contributed by atoms with Gasteiger partial charge in [-0.05, 0) is 74.0 Å². The first-order chi connectivity index (χ1) is 13.0. The summed E-state index contributed by atoms with van der Waals surface area (Å²) < 4.78 is 0. The minimum atomic E-state index is -0.258. The van der Waals surface area contributed by atoms with E-state index < -0.39 is 0 Å². The van der Waals surface area contributed by atoms with Crippen LogP contribution in [0.2, 0.25) is 0 Å². The van der Waals surface area contributed by atoms with Crippen molar-refractivity contribution in [1.29, 1.82) is 0 Å². The maximum atomic E-state index is 13.4. The molecule has 140 valence electrons. The van der Waals surface area contributed by atoms with Gasteiger partial charge in [-0.3, -0.25) is 4.79 Å². The van der Waals surface area contributed by atoms with E-state index in [1.165, 1.54) is 17.5 Å². The molecule has 4 aliphatic carbocycles. The van der Waals surface area contributed by atoms with Crippen molar-refractivity contribution in [3.63, 3.8) is 0 Å². The second kappa shape index (κ2) is 6.38. The molecule has 0 aromatic heterocycles. The molecule has 4 aliphatic rings. The number of para-hydroxylation sites is 1. The summed E-state index contributed by atoms with van der Waals surface area (Å²) in [5.74, 6) is 1.46. The van der Waals surface area contributed by atoms with Gasteiger partial charge in [0.2, 0.25) is 5.91 Å². The van der Waals surface area contributed by atoms with Crippen LogP contribution in [0, 0.1) is 17.3 Å². The van der Waals surface area contributed by atoms with Crippen molar-refractivity contribution in [2.75, 3.05) is 5.32 Å². The standard InChI is InChI=1S/C24H26ClNO/c25-24-14-18-10-19(15-24)13-23(12-18,16-24)22(27)26-21-9-5-4-8-20(21)11-17-6-2-1-3-7-17/h1-9,18-19H,10-16H2,(H,26,27). The summed E-state index contributed by atoms with van der Waals surface area (Å²) in [7, 11) is 0. The first-order valence-corrected chi connectivity index (χ1v) is 10.5. The Hall–Kier alpha value is -1.80. The van der Waals surface area contributed by atoms with Crippen LogP contribution in [-0.4, -0.2) is 10.8 Å². The van der Waals surface area contributed by atoms with Crippen LogP contribution >= 0.6 is 11.6 Å². The Morgan fingerprint density at radius 2 is 1.63 bits per heavy atom. The Morgan fingerprint density at radius 1 is 0.963 bits per heavy atom. The van der Waals surface area contributed by atoms with Gasteiger partial charge < -0.3 is 5.32 Å². The summed E-state index contributed by atoms with van der Waals surface area (Å²) in [6, 6.07) is 18.6. The van der Waals surface area contributed by atoms with E-state index in [9.17, 15) is 4.79 Å². The molecule has 2 aromatic carbocycles. The van der Waals surface area contributed by atoms with E-state index in [1.807, 2.05) is 24.3 Å². The minimum Gasteiger partial charge on any atom is -0.325 e. The number of halogens is 1. The highest BCUT2D eigenvalue weighted by atomic mass is 35.5. The predicted molar refractivity (Wildman–Crippen MR) is 110 cm³/mol. The molecule has 1 amide bonds. The fourth-order valence-electron chi connectivity index (χ4n) is 6.28. The summed E-state index contributed by atoms with van der Waals surface area (Å²) in [6.07, 6.45) is 7.19. The lowest BCUT2D eigenvalue weighted by molar-refractivity contribution is -0.138. The highest BCUT2D eigenvalue weighted by Gasteiger charge is 2.60. The third-order valence-corrected chi connectivity index (χ3v) is 7.42. The average Bonchev–Trinajstić information content (AvgIpc) is 2.62. The van der Waals surface area contributed by atoms with Crippen molar-refractivity contribution >= 4 is 23.2 Å². The monoisotopic (exact) mass is 379 g/mol. The Morgan fingerprint density at radius 3 is 2.33 bits per heavy atom. The number of rotatable bonds is 4. The number of anilines is 1. The van der Waals surface area contributed by atoms with Gasteiger partial charge in [-0.15, -0.1) is 11.6 Å². The van der Waals surface area contributed by atoms with E-state index in [4.69, 9.17) is 11.6 Å². The largest absolute Gasteiger partial charge is 0.325 e. The molecule has 0 aliphatic heterocycles. The Balaban J connectivity index is 1.39. The van der Waals surface area contributed by atoms with Crippen molar-refractivity contribution in [3.8, 4) is 0 Å².